The Morgan fingerprint density at radius 2 is 1.54 bits per heavy atom. The Morgan fingerprint density at radius 3 is 2.17 bits per heavy atom. The summed E-state index contributed by atoms with van der Waals surface area (Å²) in [6.45, 7) is 7.66. The van der Waals surface area contributed by atoms with Gasteiger partial charge in [-0.1, -0.05) is 68.6 Å². The summed E-state index contributed by atoms with van der Waals surface area (Å²) in [5.41, 5.74) is 0.987. The van der Waals surface area contributed by atoms with Crippen LogP contribution < -0.4 is 0 Å². The summed E-state index contributed by atoms with van der Waals surface area (Å²) >= 11 is 6.29. The molecule has 0 aliphatic carbocycles. The van der Waals surface area contributed by atoms with E-state index in [0.29, 0.717) is 0 Å². The highest BCUT2D eigenvalue weighted by Gasteiger charge is 2.14. The van der Waals surface area contributed by atoms with Crippen molar-refractivity contribution >= 4 is 22.4 Å². The summed E-state index contributed by atoms with van der Waals surface area (Å²) in [6.07, 6.45) is 5.20. The summed E-state index contributed by atoms with van der Waals surface area (Å²) in [5.74, 6) is 0. The van der Waals surface area contributed by atoms with Crippen molar-refractivity contribution in [2.45, 2.75) is 52.1 Å². The molecule has 2 aromatic carbocycles. The van der Waals surface area contributed by atoms with Crippen LogP contribution in [0, 0.1) is 0 Å². The third-order valence-electron chi connectivity index (χ3n) is 4.64. The molecule has 2 aromatic rings. The van der Waals surface area contributed by atoms with Crippen LogP contribution in [0.4, 0.5) is 0 Å². The molecule has 2 nitrogen and oxygen atoms in total. The first-order chi connectivity index (χ1) is 11.7. The van der Waals surface area contributed by atoms with Crippen LogP contribution in [0.3, 0.4) is 0 Å². The van der Waals surface area contributed by atoms with Crippen LogP contribution in [0.2, 0.25) is 5.02 Å². The molecule has 1 atom stereocenters. The molecule has 0 aliphatic rings. The third-order valence-corrected chi connectivity index (χ3v) is 4.97. The lowest BCUT2D eigenvalue weighted by Gasteiger charge is -2.24. The van der Waals surface area contributed by atoms with Gasteiger partial charge < -0.3 is 10.0 Å². The molecule has 0 heterocycles. The highest BCUT2D eigenvalue weighted by atomic mass is 35.5. The summed E-state index contributed by atoms with van der Waals surface area (Å²) in [4.78, 5) is 2.49. The first-order valence-electron chi connectivity index (χ1n) is 9.25. The highest BCUT2D eigenvalue weighted by molar-refractivity contribution is 6.35. The van der Waals surface area contributed by atoms with E-state index in [9.17, 15) is 5.11 Å². The molecule has 1 unspecified atom stereocenters. The monoisotopic (exact) mass is 347 g/mol. The van der Waals surface area contributed by atoms with E-state index >= 15 is 0 Å². The molecule has 3 heteroatoms. The molecule has 0 spiro atoms. The van der Waals surface area contributed by atoms with Crippen molar-refractivity contribution in [1.82, 2.24) is 4.90 Å². The van der Waals surface area contributed by atoms with E-state index in [0.717, 1.165) is 47.4 Å². The standard InChI is InChI=1S/C21H30ClNO/c1-3-5-14-23(15-6-4-2)16-13-21(24)19-11-12-20(22)18-10-8-7-9-17(18)19/h7-12,21,24H,3-6,13-16H2,1-2H3. The Hall–Kier alpha value is -1.09. The van der Waals surface area contributed by atoms with Crippen molar-refractivity contribution in [2.75, 3.05) is 19.6 Å². The van der Waals surface area contributed by atoms with Crippen molar-refractivity contribution in [3.63, 3.8) is 0 Å². The van der Waals surface area contributed by atoms with Gasteiger partial charge in [-0.15, -0.1) is 0 Å². The van der Waals surface area contributed by atoms with Crippen molar-refractivity contribution in [3.8, 4) is 0 Å². The number of aliphatic hydroxyl groups is 1. The summed E-state index contributed by atoms with van der Waals surface area (Å²) in [7, 11) is 0. The summed E-state index contributed by atoms with van der Waals surface area (Å²) < 4.78 is 0. The van der Waals surface area contributed by atoms with Crippen molar-refractivity contribution in [3.05, 3.63) is 47.0 Å². The van der Waals surface area contributed by atoms with Gasteiger partial charge in [-0.25, -0.2) is 0 Å². The topological polar surface area (TPSA) is 23.5 Å². The number of aliphatic hydroxyl groups excluding tert-OH is 1. The molecule has 0 saturated heterocycles. The molecule has 0 amide bonds. The lowest BCUT2D eigenvalue weighted by molar-refractivity contribution is 0.141. The van der Waals surface area contributed by atoms with E-state index in [1.165, 1.54) is 25.7 Å². The largest absolute Gasteiger partial charge is 0.388 e. The zero-order valence-electron chi connectivity index (χ0n) is 15.0. The average Bonchev–Trinajstić information content (AvgIpc) is 2.61. The molecule has 1 N–H and O–H groups in total. The third kappa shape index (κ3) is 5.20. The van der Waals surface area contributed by atoms with E-state index in [1.54, 1.807) is 0 Å². The van der Waals surface area contributed by atoms with Gasteiger partial charge in [-0.05, 0) is 49.4 Å². The minimum Gasteiger partial charge on any atom is -0.388 e. The number of unbranched alkanes of at least 4 members (excludes halogenated alkanes) is 2. The molecule has 132 valence electrons. The molecule has 2 rings (SSSR count). The lowest BCUT2D eigenvalue weighted by atomic mass is 9.98. The average molecular weight is 348 g/mol. The quantitative estimate of drug-likeness (QED) is 0.585. The van der Waals surface area contributed by atoms with Gasteiger partial charge in [-0.2, -0.15) is 0 Å². The zero-order chi connectivity index (χ0) is 17.4. The van der Waals surface area contributed by atoms with Gasteiger partial charge in [-0.3, -0.25) is 0 Å². The Bertz CT molecular complexity index is 620. The molecule has 24 heavy (non-hydrogen) atoms. The molecule has 0 bridgehead atoms. The molecule has 0 aromatic heterocycles. The Kier molecular flexibility index (Phi) is 8.04. The van der Waals surface area contributed by atoms with E-state index in [2.05, 4.69) is 18.7 Å². The SMILES string of the molecule is CCCCN(CCCC)CCC(O)c1ccc(Cl)c2ccccc12. The van der Waals surface area contributed by atoms with Crippen molar-refractivity contribution < 1.29 is 5.11 Å². The number of nitrogens with zero attached hydrogens (tertiary/aromatic N) is 1. The van der Waals surface area contributed by atoms with E-state index in [-0.39, 0.29) is 0 Å². The van der Waals surface area contributed by atoms with Gasteiger partial charge in [0.2, 0.25) is 0 Å². The fraction of sp³-hybridized carbons (Fsp3) is 0.524. The molecule has 0 aliphatic heterocycles. The van der Waals surface area contributed by atoms with Crippen molar-refractivity contribution in [1.29, 1.82) is 0 Å². The summed E-state index contributed by atoms with van der Waals surface area (Å²) in [5, 5.41) is 13.6. The second-order valence-corrected chi connectivity index (χ2v) is 6.94. The number of halogens is 1. The number of hydrogen-bond acceptors (Lipinski definition) is 2. The van der Waals surface area contributed by atoms with Crippen LogP contribution >= 0.6 is 11.6 Å². The minimum absolute atomic E-state index is 0.446. The molecule has 0 radical (unpaired) electrons. The molecular formula is C21H30ClNO. The van der Waals surface area contributed by atoms with E-state index in [4.69, 9.17) is 11.6 Å². The lowest BCUT2D eigenvalue weighted by Crippen LogP contribution is -2.28. The number of benzene rings is 2. The molecule has 0 fully saturated rings. The van der Waals surface area contributed by atoms with Crippen LogP contribution in [0.1, 0.15) is 57.6 Å². The second-order valence-electron chi connectivity index (χ2n) is 6.54. The number of rotatable bonds is 10. The molecular weight excluding hydrogens is 318 g/mol. The first kappa shape index (κ1) is 19.2. The van der Waals surface area contributed by atoms with Crippen LogP contribution in [0.5, 0.6) is 0 Å². The zero-order valence-corrected chi connectivity index (χ0v) is 15.7. The van der Waals surface area contributed by atoms with Gasteiger partial charge >= 0.3 is 0 Å². The predicted molar refractivity (Wildman–Crippen MR) is 105 cm³/mol. The summed E-state index contributed by atoms with van der Waals surface area (Å²) in [6, 6.07) is 11.9. The Balaban J connectivity index is 2.05. The fourth-order valence-corrected chi connectivity index (χ4v) is 3.36. The molecule has 0 saturated carbocycles. The second kappa shape index (κ2) is 10.0. The van der Waals surface area contributed by atoms with E-state index in [1.807, 2.05) is 36.4 Å². The van der Waals surface area contributed by atoms with Crippen LogP contribution in [-0.4, -0.2) is 29.6 Å². The van der Waals surface area contributed by atoms with Crippen molar-refractivity contribution in [2.24, 2.45) is 0 Å². The fourth-order valence-electron chi connectivity index (χ4n) is 3.14. The maximum atomic E-state index is 10.7. The van der Waals surface area contributed by atoms with Gasteiger partial charge in [0.15, 0.2) is 0 Å². The van der Waals surface area contributed by atoms with Gasteiger partial charge in [0.05, 0.1) is 6.10 Å². The normalized spacial score (nSPS) is 12.9. The van der Waals surface area contributed by atoms with Gasteiger partial charge in [0, 0.05) is 17.0 Å². The highest BCUT2D eigenvalue weighted by Crippen LogP contribution is 2.31. The van der Waals surface area contributed by atoms with Gasteiger partial charge in [0.25, 0.3) is 0 Å². The Morgan fingerprint density at radius 1 is 0.917 bits per heavy atom. The minimum atomic E-state index is -0.446. The smallest absolute Gasteiger partial charge is 0.0808 e. The van der Waals surface area contributed by atoms with E-state index < -0.39 is 6.10 Å². The maximum absolute atomic E-state index is 10.7. The van der Waals surface area contributed by atoms with Crippen LogP contribution in [0.15, 0.2) is 36.4 Å². The van der Waals surface area contributed by atoms with Crippen LogP contribution in [-0.2, 0) is 0 Å². The maximum Gasteiger partial charge on any atom is 0.0808 e. The Labute approximate surface area is 151 Å². The number of hydrogen-bond donors (Lipinski definition) is 1. The van der Waals surface area contributed by atoms with Crippen LogP contribution in [0.25, 0.3) is 10.8 Å². The van der Waals surface area contributed by atoms with Gasteiger partial charge in [0.1, 0.15) is 0 Å². The first-order valence-corrected chi connectivity index (χ1v) is 9.62. The number of fused-ring (bicyclic) bond motifs is 1. The predicted octanol–water partition coefficient (Wildman–Crippen LogP) is 5.82.